The molecule has 1 aromatic carbocycles. The van der Waals surface area contributed by atoms with Crippen LogP contribution in [-0.4, -0.2) is 64.6 Å². The Bertz CT molecular complexity index is 589. The van der Waals surface area contributed by atoms with Crippen LogP contribution in [0.2, 0.25) is 0 Å². The molecule has 2 rings (SSSR count). The average Bonchev–Trinajstić information content (AvgIpc) is 2.48. The number of halogens is 1. The van der Waals surface area contributed by atoms with Crippen molar-refractivity contribution in [3.63, 3.8) is 0 Å². The summed E-state index contributed by atoms with van der Waals surface area (Å²) in [5, 5.41) is 0. The van der Waals surface area contributed by atoms with Crippen LogP contribution in [0, 0.1) is 5.82 Å². The van der Waals surface area contributed by atoms with Gasteiger partial charge in [-0.25, -0.2) is 9.11 Å². The minimum atomic E-state index is -3.55. The Kier molecular flexibility index (Phi) is 5.87. The highest BCUT2D eigenvalue weighted by Gasteiger charge is 2.25. The van der Waals surface area contributed by atoms with Crippen LogP contribution in [-0.2, 0) is 14.9 Å². The minimum Gasteiger partial charge on any atom is -0.379 e. The first-order chi connectivity index (χ1) is 10.4. The van der Waals surface area contributed by atoms with Gasteiger partial charge in [-0.2, -0.15) is 12.7 Å². The van der Waals surface area contributed by atoms with Gasteiger partial charge in [0.2, 0.25) is 0 Å². The van der Waals surface area contributed by atoms with Gasteiger partial charge in [0, 0.05) is 25.7 Å². The summed E-state index contributed by atoms with van der Waals surface area (Å²) in [6, 6.07) is 5.96. The molecule has 1 aliphatic rings. The first-order valence-electron chi connectivity index (χ1n) is 7.14. The number of nitrogens with one attached hydrogen (secondary N) is 1. The van der Waals surface area contributed by atoms with Gasteiger partial charge in [0.05, 0.1) is 13.2 Å². The van der Waals surface area contributed by atoms with E-state index in [-0.39, 0.29) is 18.4 Å². The van der Waals surface area contributed by atoms with E-state index in [1.54, 1.807) is 12.1 Å². The number of morpholine rings is 1. The molecule has 0 bridgehead atoms. The number of ether oxygens (including phenoxy) is 1. The van der Waals surface area contributed by atoms with Crippen LogP contribution in [0.3, 0.4) is 0 Å². The van der Waals surface area contributed by atoms with E-state index in [2.05, 4.69) is 4.72 Å². The van der Waals surface area contributed by atoms with Gasteiger partial charge in [-0.05, 0) is 31.8 Å². The molecule has 1 fully saturated rings. The normalized spacial score (nSPS) is 18.5. The molecular weight excluding hydrogens is 309 g/mol. The van der Waals surface area contributed by atoms with E-state index in [4.69, 9.17) is 4.74 Å². The van der Waals surface area contributed by atoms with Gasteiger partial charge < -0.3 is 9.64 Å². The van der Waals surface area contributed by atoms with Crippen molar-refractivity contribution < 1.29 is 17.5 Å². The van der Waals surface area contributed by atoms with E-state index in [0.717, 1.165) is 5.56 Å². The van der Waals surface area contributed by atoms with Crippen LogP contribution in [0.15, 0.2) is 24.3 Å². The lowest BCUT2D eigenvalue weighted by molar-refractivity contribution is 0.0724. The third-order valence-corrected chi connectivity index (χ3v) is 5.20. The van der Waals surface area contributed by atoms with Gasteiger partial charge in [0.25, 0.3) is 10.2 Å². The lowest BCUT2D eigenvalue weighted by Gasteiger charge is -2.29. The van der Waals surface area contributed by atoms with Gasteiger partial charge >= 0.3 is 0 Å². The second-order valence-corrected chi connectivity index (χ2v) is 7.15. The summed E-state index contributed by atoms with van der Waals surface area (Å²) >= 11 is 0. The molecule has 1 heterocycles. The second kappa shape index (κ2) is 7.47. The van der Waals surface area contributed by atoms with E-state index in [0.29, 0.717) is 26.3 Å². The highest BCUT2D eigenvalue weighted by Crippen LogP contribution is 2.19. The van der Waals surface area contributed by atoms with Crippen molar-refractivity contribution in [3.05, 3.63) is 35.6 Å². The molecule has 0 aromatic heterocycles. The molecule has 8 heteroatoms. The molecule has 1 aliphatic heterocycles. The molecule has 22 heavy (non-hydrogen) atoms. The van der Waals surface area contributed by atoms with E-state index >= 15 is 0 Å². The predicted octanol–water partition coefficient (Wildman–Crippen LogP) is 0.595. The summed E-state index contributed by atoms with van der Waals surface area (Å²) in [5.41, 5.74) is 0.731. The van der Waals surface area contributed by atoms with Crippen molar-refractivity contribution in [2.45, 2.75) is 6.04 Å². The Labute approximate surface area is 131 Å². The highest BCUT2D eigenvalue weighted by atomic mass is 32.2. The highest BCUT2D eigenvalue weighted by molar-refractivity contribution is 7.87. The van der Waals surface area contributed by atoms with E-state index in [9.17, 15) is 12.8 Å². The zero-order chi connectivity index (χ0) is 16.2. The monoisotopic (exact) mass is 331 g/mol. The summed E-state index contributed by atoms with van der Waals surface area (Å²) in [5.74, 6) is -0.333. The standard InChI is InChI=1S/C14H22FN3O3S/c1-17(2)14(12-4-3-5-13(15)10-12)11-16-22(19,20)18-6-8-21-9-7-18/h3-5,10,14,16H,6-9,11H2,1-2H3/t14-/m0/s1. The molecule has 1 saturated heterocycles. The van der Waals surface area contributed by atoms with Crippen LogP contribution in [0.4, 0.5) is 4.39 Å². The maximum absolute atomic E-state index is 13.4. The summed E-state index contributed by atoms with van der Waals surface area (Å²) in [7, 11) is 0.117. The largest absolute Gasteiger partial charge is 0.379 e. The quantitative estimate of drug-likeness (QED) is 0.829. The predicted molar refractivity (Wildman–Crippen MR) is 82.1 cm³/mol. The van der Waals surface area contributed by atoms with Gasteiger partial charge in [-0.15, -0.1) is 0 Å². The summed E-state index contributed by atoms with van der Waals surface area (Å²) in [6.07, 6.45) is 0. The maximum atomic E-state index is 13.4. The molecule has 0 unspecified atom stereocenters. The van der Waals surface area contributed by atoms with Crippen LogP contribution >= 0.6 is 0 Å². The van der Waals surface area contributed by atoms with Crippen LogP contribution in [0.25, 0.3) is 0 Å². The third kappa shape index (κ3) is 4.47. The first kappa shape index (κ1) is 17.3. The lowest BCUT2D eigenvalue weighted by atomic mass is 10.1. The first-order valence-corrected chi connectivity index (χ1v) is 8.58. The smallest absolute Gasteiger partial charge is 0.279 e. The number of rotatable bonds is 6. The minimum absolute atomic E-state index is 0.177. The lowest BCUT2D eigenvalue weighted by Crippen LogP contribution is -2.48. The van der Waals surface area contributed by atoms with Crippen molar-refractivity contribution >= 4 is 10.2 Å². The van der Waals surface area contributed by atoms with Crippen molar-refractivity contribution in [3.8, 4) is 0 Å². The molecule has 0 radical (unpaired) electrons. The number of likely N-dealkylation sites (N-methyl/N-ethyl adjacent to an activating group) is 1. The zero-order valence-electron chi connectivity index (χ0n) is 12.8. The van der Waals surface area contributed by atoms with E-state index in [1.807, 2.05) is 19.0 Å². The van der Waals surface area contributed by atoms with Crippen LogP contribution < -0.4 is 4.72 Å². The molecule has 0 aliphatic carbocycles. The molecule has 0 amide bonds. The Morgan fingerprint density at radius 1 is 1.36 bits per heavy atom. The number of hydrogen-bond acceptors (Lipinski definition) is 4. The topological polar surface area (TPSA) is 61.9 Å². The van der Waals surface area contributed by atoms with E-state index < -0.39 is 10.2 Å². The SMILES string of the molecule is CN(C)[C@@H](CNS(=O)(=O)N1CCOCC1)c1cccc(F)c1. The molecule has 1 atom stereocenters. The average molecular weight is 331 g/mol. The van der Waals surface area contributed by atoms with Crippen LogP contribution in [0.5, 0.6) is 0 Å². The fourth-order valence-corrected chi connectivity index (χ4v) is 3.56. The van der Waals surface area contributed by atoms with Gasteiger partial charge in [0.1, 0.15) is 5.82 Å². The number of benzene rings is 1. The fourth-order valence-electron chi connectivity index (χ4n) is 2.37. The Hall–Kier alpha value is -1.06. The maximum Gasteiger partial charge on any atom is 0.279 e. The van der Waals surface area contributed by atoms with Gasteiger partial charge in [-0.1, -0.05) is 12.1 Å². The number of nitrogens with zero attached hydrogens (tertiary/aromatic N) is 2. The summed E-state index contributed by atoms with van der Waals surface area (Å²) < 4.78 is 47.1. The molecule has 0 spiro atoms. The Morgan fingerprint density at radius 3 is 2.64 bits per heavy atom. The zero-order valence-corrected chi connectivity index (χ0v) is 13.6. The third-order valence-electron chi connectivity index (χ3n) is 3.63. The van der Waals surface area contributed by atoms with Gasteiger partial charge in [0.15, 0.2) is 0 Å². The molecule has 1 aromatic rings. The van der Waals surface area contributed by atoms with Crippen LogP contribution in [0.1, 0.15) is 11.6 Å². The Balaban J connectivity index is 2.05. The van der Waals surface area contributed by atoms with Crippen molar-refractivity contribution in [1.29, 1.82) is 0 Å². The molecule has 124 valence electrons. The second-order valence-electron chi connectivity index (χ2n) is 5.40. The Morgan fingerprint density at radius 2 is 2.05 bits per heavy atom. The van der Waals surface area contributed by atoms with E-state index in [1.165, 1.54) is 16.4 Å². The van der Waals surface area contributed by atoms with Crippen molar-refractivity contribution in [2.24, 2.45) is 0 Å². The van der Waals surface area contributed by atoms with Crippen molar-refractivity contribution in [2.75, 3.05) is 46.9 Å². The molecular formula is C14H22FN3O3S. The number of hydrogen-bond donors (Lipinski definition) is 1. The fraction of sp³-hybridized carbons (Fsp3) is 0.571. The van der Waals surface area contributed by atoms with Crippen molar-refractivity contribution in [1.82, 2.24) is 13.9 Å². The summed E-state index contributed by atoms with van der Waals surface area (Å²) in [6.45, 7) is 1.68. The molecule has 1 N–H and O–H groups in total. The molecule has 6 nitrogen and oxygen atoms in total. The van der Waals surface area contributed by atoms with Gasteiger partial charge in [-0.3, -0.25) is 0 Å². The summed E-state index contributed by atoms with van der Waals surface area (Å²) in [4.78, 5) is 1.86. The molecule has 0 saturated carbocycles.